The van der Waals surface area contributed by atoms with Crippen LogP contribution in [-0.4, -0.2) is 110 Å². The standard InChI is InChI=1S/C16H21NO14/c1-30-8-3-2-6(7-5-17-10(18)11(7,19)20)4-9(8)31-16(29)14(25,26)12(21,22)13(23,24)15(16,27)28/h2-4,7,19-29H,5H2,1H3,(H,17,18). The molecule has 1 heterocycles. The van der Waals surface area contributed by atoms with Crippen LogP contribution < -0.4 is 14.8 Å². The van der Waals surface area contributed by atoms with Crippen LogP contribution in [0.5, 0.6) is 11.5 Å². The van der Waals surface area contributed by atoms with E-state index in [1.165, 1.54) is 6.07 Å². The van der Waals surface area contributed by atoms with E-state index in [0.29, 0.717) is 0 Å². The van der Waals surface area contributed by atoms with Crippen molar-refractivity contribution in [2.75, 3.05) is 13.7 Å². The highest BCUT2D eigenvalue weighted by Gasteiger charge is 2.93. The zero-order chi connectivity index (χ0) is 23.8. The SMILES string of the molecule is COc1ccc(C2CNC(=O)C2(O)O)cc1OC1(O)C(O)(O)C(O)(O)C(O)(O)C1(O)O. The molecule has 1 saturated carbocycles. The molecule has 1 aliphatic heterocycles. The predicted molar refractivity (Wildman–Crippen MR) is 90.2 cm³/mol. The van der Waals surface area contributed by atoms with Gasteiger partial charge in [-0.15, -0.1) is 0 Å². The Balaban J connectivity index is 2.13. The first-order chi connectivity index (χ1) is 13.9. The summed E-state index contributed by atoms with van der Waals surface area (Å²) in [6.45, 7) is -0.275. The van der Waals surface area contributed by atoms with Gasteiger partial charge in [0.1, 0.15) is 0 Å². The third-order valence-electron chi connectivity index (χ3n) is 5.54. The molecular formula is C16H21NO14. The van der Waals surface area contributed by atoms with Crippen molar-refractivity contribution in [1.82, 2.24) is 5.32 Å². The van der Waals surface area contributed by atoms with Gasteiger partial charge in [0.15, 0.2) is 11.5 Å². The van der Waals surface area contributed by atoms with E-state index in [-0.39, 0.29) is 17.9 Å². The summed E-state index contributed by atoms with van der Waals surface area (Å²) >= 11 is 0. The van der Waals surface area contributed by atoms with Crippen LogP contribution in [0.3, 0.4) is 0 Å². The van der Waals surface area contributed by atoms with E-state index in [1.807, 2.05) is 0 Å². The minimum Gasteiger partial charge on any atom is -0.493 e. The van der Waals surface area contributed by atoms with Crippen molar-refractivity contribution in [3.05, 3.63) is 23.8 Å². The second kappa shape index (κ2) is 6.44. The maximum Gasteiger partial charge on any atom is 0.329 e. The Kier molecular flexibility index (Phi) is 4.88. The number of nitrogens with one attached hydrogen (secondary N) is 1. The molecule has 1 aromatic rings. The fourth-order valence-corrected chi connectivity index (χ4v) is 3.47. The van der Waals surface area contributed by atoms with Crippen LogP contribution in [0.25, 0.3) is 0 Å². The number of aliphatic hydroxyl groups is 11. The third-order valence-corrected chi connectivity index (χ3v) is 5.54. The highest BCUT2D eigenvalue weighted by Crippen LogP contribution is 2.55. The summed E-state index contributed by atoms with van der Waals surface area (Å²) < 4.78 is 9.72. The highest BCUT2D eigenvalue weighted by atomic mass is 16.8. The Labute approximate surface area is 172 Å². The van der Waals surface area contributed by atoms with Crippen LogP contribution in [0.1, 0.15) is 11.5 Å². The van der Waals surface area contributed by atoms with E-state index in [0.717, 1.165) is 19.2 Å². The first-order valence-corrected chi connectivity index (χ1v) is 8.51. The molecule has 2 fully saturated rings. The number of methoxy groups -OCH3 is 1. The normalized spacial score (nSPS) is 28.8. The Morgan fingerprint density at radius 1 is 0.839 bits per heavy atom. The number of carbonyl (C=O) groups excluding carboxylic acids is 1. The molecule has 174 valence electrons. The quantitative estimate of drug-likeness (QED) is 0.190. The molecule has 1 aromatic carbocycles. The fourth-order valence-electron chi connectivity index (χ4n) is 3.47. The average Bonchev–Trinajstić information content (AvgIpc) is 2.95. The first kappa shape index (κ1) is 23.5. The largest absolute Gasteiger partial charge is 0.493 e. The average molecular weight is 451 g/mol. The van der Waals surface area contributed by atoms with Gasteiger partial charge >= 0.3 is 5.79 Å². The van der Waals surface area contributed by atoms with Crippen LogP contribution in [0.15, 0.2) is 18.2 Å². The van der Waals surface area contributed by atoms with Gasteiger partial charge in [-0.1, -0.05) is 6.07 Å². The molecule has 1 saturated heterocycles. The lowest BCUT2D eigenvalue weighted by atomic mass is 9.92. The maximum atomic E-state index is 11.6. The molecule has 0 bridgehead atoms. The van der Waals surface area contributed by atoms with Gasteiger partial charge in [0, 0.05) is 6.54 Å². The van der Waals surface area contributed by atoms with Gasteiger partial charge in [0.2, 0.25) is 0 Å². The summed E-state index contributed by atoms with van der Waals surface area (Å²) in [6.07, 6.45) is 0. The molecular weight excluding hydrogens is 430 g/mol. The molecule has 15 nitrogen and oxygen atoms in total. The molecule has 31 heavy (non-hydrogen) atoms. The molecule has 1 amide bonds. The van der Waals surface area contributed by atoms with Crippen molar-refractivity contribution >= 4 is 5.91 Å². The van der Waals surface area contributed by atoms with Crippen molar-refractivity contribution in [3.63, 3.8) is 0 Å². The molecule has 0 aromatic heterocycles. The molecule has 15 heteroatoms. The number of hydrogen-bond acceptors (Lipinski definition) is 14. The van der Waals surface area contributed by atoms with Gasteiger partial charge in [0.25, 0.3) is 34.8 Å². The molecule has 1 unspecified atom stereocenters. The zero-order valence-electron chi connectivity index (χ0n) is 15.7. The molecule has 1 aliphatic carbocycles. The molecule has 12 N–H and O–H groups in total. The van der Waals surface area contributed by atoms with E-state index in [2.05, 4.69) is 5.32 Å². The molecule has 0 radical (unpaired) electrons. The summed E-state index contributed by atoms with van der Waals surface area (Å²) in [6, 6.07) is 3.14. The lowest BCUT2D eigenvalue weighted by Crippen LogP contribution is -2.70. The van der Waals surface area contributed by atoms with Crippen LogP contribution >= 0.6 is 0 Å². The topological polar surface area (TPSA) is 270 Å². The summed E-state index contributed by atoms with van der Waals surface area (Å²) in [5.74, 6) is -29.1. The van der Waals surface area contributed by atoms with Crippen molar-refractivity contribution in [2.45, 2.75) is 40.6 Å². The Morgan fingerprint density at radius 2 is 1.35 bits per heavy atom. The van der Waals surface area contributed by atoms with E-state index in [1.54, 1.807) is 0 Å². The first-order valence-electron chi connectivity index (χ1n) is 8.51. The summed E-state index contributed by atoms with van der Waals surface area (Å²) in [5.41, 5.74) is -0.0813. The molecule has 1 atom stereocenters. The number of rotatable bonds is 4. The summed E-state index contributed by atoms with van der Waals surface area (Å²) in [4.78, 5) is 11.6. The third kappa shape index (κ3) is 2.65. The van der Waals surface area contributed by atoms with Gasteiger partial charge in [-0.3, -0.25) is 4.79 Å². The van der Waals surface area contributed by atoms with Crippen LogP contribution in [0.2, 0.25) is 0 Å². The molecule has 2 aliphatic rings. The summed E-state index contributed by atoms with van der Waals surface area (Å²) in [7, 11) is 1.06. The van der Waals surface area contributed by atoms with Crippen molar-refractivity contribution in [2.24, 2.45) is 0 Å². The number of ether oxygens (including phenoxy) is 2. The minimum atomic E-state index is -4.57. The van der Waals surface area contributed by atoms with Crippen molar-refractivity contribution in [3.8, 4) is 11.5 Å². The van der Waals surface area contributed by atoms with Gasteiger partial charge in [0.05, 0.1) is 13.0 Å². The van der Waals surface area contributed by atoms with E-state index in [4.69, 9.17) is 9.47 Å². The number of carbonyl (C=O) groups is 1. The maximum absolute atomic E-state index is 11.6. The van der Waals surface area contributed by atoms with Gasteiger partial charge < -0.3 is 71.0 Å². The number of amides is 1. The van der Waals surface area contributed by atoms with E-state index >= 15 is 0 Å². The predicted octanol–water partition coefficient (Wildman–Crippen LogP) is -6.61. The van der Waals surface area contributed by atoms with Crippen molar-refractivity contribution in [1.29, 1.82) is 0 Å². The second-order valence-electron chi connectivity index (χ2n) is 7.33. The summed E-state index contributed by atoms with van der Waals surface area (Å²) in [5, 5.41) is 111. The highest BCUT2D eigenvalue weighted by molar-refractivity contribution is 5.87. The zero-order valence-corrected chi connectivity index (χ0v) is 15.7. The van der Waals surface area contributed by atoms with E-state index in [9.17, 15) is 61.0 Å². The molecule has 0 spiro atoms. The Hall–Kier alpha value is -2.15. The monoisotopic (exact) mass is 451 g/mol. The van der Waals surface area contributed by atoms with E-state index < -0.39 is 52.3 Å². The van der Waals surface area contributed by atoms with Crippen LogP contribution in [-0.2, 0) is 4.79 Å². The van der Waals surface area contributed by atoms with Crippen molar-refractivity contribution < 1.29 is 70.4 Å². The second-order valence-corrected chi connectivity index (χ2v) is 7.33. The lowest BCUT2D eigenvalue weighted by Gasteiger charge is -2.39. The van der Waals surface area contributed by atoms with Gasteiger partial charge in [-0.25, -0.2) is 0 Å². The fraction of sp³-hybridized carbons (Fsp3) is 0.562. The van der Waals surface area contributed by atoms with Crippen LogP contribution in [0.4, 0.5) is 0 Å². The minimum absolute atomic E-state index is 0.0813. The Morgan fingerprint density at radius 3 is 1.77 bits per heavy atom. The lowest BCUT2D eigenvalue weighted by molar-refractivity contribution is -0.452. The smallest absolute Gasteiger partial charge is 0.329 e. The number of benzene rings is 1. The molecule has 3 rings (SSSR count). The van der Waals surface area contributed by atoms with Gasteiger partial charge in [-0.05, 0) is 17.7 Å². The van der Waals surface area contributed by atoms with Gasteiger partial charge in [-0.2, -0.15) is 0 Å². The number of hydrogen-bond donors (Lipinski definition) is 12. The van der Waals surface area contributed by atoms with Crippen LogP contribution in [0, 0.1) is 0 Å². The Bertz CT molecular complexity index is 882.